The summed E-state index contributed by atoms with van der Waals surface area (Å²) < 4.78 is 0. The molecule has 2 aromatic heterocycles. The Morgan fingerprint density at radius 3 is 2.94 bits per heavy atom. The molecule has 0 unspecified atom stereocenters. The van der Waals surface area contributed by atoms with Crippen molar-refractivity contribution in [2.24, 2.45) is 0 Å². The normalized spacial score (nSPS) is 10.4. The van der Waals surface area contributed by atoms with E-state index >= 15 is 0 Å². The molecule has 84 valence electrons. The van der Waals surface area contributed by atoms with Gasteiger partial charge >= 0.3 is 0 Å². The largest absolute Gasteiger partial charge is 0.347 e. The van der Waals surface area contributed by atoms with Gasteiger partial charge in [0, 0.05) is 16.0 Å². The first-order valence-electron chi connectivity index (χ1n) is 4.99. The minimum Gasteiger partial charge on any atom is -0.347 e. The van der Waals surface area contributed by atoms with E-state index in [4.69, 9.17) is 0 Å². The van der Waals surface area contributed by atoms with E-state index in [0.29, 0.717) is 12.1 Å². The standard InChI is InChI=1S/C11H13N3OS/c1-7-3-10(16-8(7)2)6-12-11(15)9-4-13-14-5-9/h3-5H,6H2,1-2H3,(H,12,15)(H,13,14). The van der Waals surface area contributed by atoms with Crippen molar-refractivity contribution in [2.75, 3.05) is 0 Å². The molecule has 0 aliphatic heterocycles. The van der Waals surface area contributed by atoms with Gasteiger partial charge in [0.1, 0.15) is 0 Å². The van der Waals surface area contributed by atoms with Gasteiger partial charge in [-0.2, -0.15) is 5.10 Å². The van der Waals surface area contributed by atoms with Crippen LogP contribution in [0, 0.1) is 13.8 Å². The molecule has 16 heavy (non-hydrogen) atoms. The summed E-state index contributed by atoms with van der Waals surface area (Å²) in [7, 11) is 0. The highest BCUT2D eigenvalue weighted by Crippen LogP contribution is 2.20. The van der Waals surface area contributed by atoms with Crippen LogP contribution >= 0.6 is 11.3 Å². The van der Waals surface area contributed by atoms with E-state index in [-0.39, 0.29) is 5.91 Å². The van der Waals surface area contributed by atoms with Crippen molar-refractivity contribution in [1.82, 2.24) is 15.5 Å². The molecule has 0 aliphatic rings. The number of thiophene rings is 1. The Balaban J connectivity index is 1.95. The maximum atomic E-state index is 11.6. The first-order chi connectivity index (χ1) is 7.66. The number of aromatic nitrogens is 2. The van der Waals surface area contributed by atoms with Crippen molar-refractivity contribution in [1.29, 1.82) is 0 Å². The SMILES string of the molecule is Cc1cc(CNC(=O)c2cn[nH]c2)sc1C. The fraction of sp³-hybridized carbons (Fsp3) is 0.273. The Kier molecular flexibility index (Phi) is 3.05. The lowest BCUT2D eigenvalue weighted by Crippen LogP contribution is -2.21. The Labute approximate surface area is 97.7 Å². The minimum absolute atomic E-state index is 0.0996. The summed E-state index contributed by atoms with van der Waals surface area (Å²) in [5.41, 5.74) is 1.84. The van der Waals surface area contributed by atoms with Gasteiger partial charge in [-0.1, -0.05) is 0 Å². The molecule has 2 N–H and O–H groups in total. The van der Waals surface area contributed by atoms with E-state index in [1.165, 1.54) is 21.5 Å². The second-order valence-corrected chi connectivity index (χ2v) is 4.96. The minimum atomic E-state index is -0.0996. The average molecular weight is 235 g/mol. The van der Waals surface area contributed by atoms with Gasteiger partial charge in [0.2, 0.25) is 0 Å². The maximum Gasteiger partial charge on any atom is 0.254 e. The first kappa shape index (κ1) is 10.9. The zero-order chi connectivity index (χ0) is 11.5. The van der Waals surface area contributed by atoms with Crippen LogP contribution in [-0.4, -0.2) is 16.1 Å². The molecule has 0 saturated heterocycles. The van der Waals surface area contributed by atoms with Gasteiger partial charge in [0.25, 0.3) is 5.91 Å². The Morgan fingerprint density at radius 2 is 2.38 bits per heavy atom. The number of H-pyrrole nitrogens is 1. The second kappa shape index (κ2) is 4.49. The van der Waals surface area contributed by atoms with Crippen molar-refractivity contribution in [2.45, 2.75) is 20.4 Å². The summed E-state index contributed by atoms with van der Waals surface area (Å²) in [5.74, 6) is -0.0996. The lowest BCUT2D eigenvalue weighted by Gasteiger charge is -2.00. The van der Waals surface area contributed by atoms with Crippen LogP contribution in [0.2, 0.25) is 0 Å². The van der Waals surface area contributed by atoms with Gasteiger partial charge in [-0.25, -0.2) is 0 Å². The predicted molar refractivity (Wildman–Crippen MR) is 63.6 cm³/mol. The zero-order valence-electron chi connectivity index (χ0n) is 9.20. The number of aryl methyl sites for hydroxylation is 2. The number of rotatable bonds is 3. The van der Waals surface area contributed by atoms with Gasteiger partial charge < -0.3 is 5.32 Å². The molecule has 0 fully saturated rings. The summed E-state index contributed by atoms with van der Waals surface area (Å²) in [5, 5.41) is 9.20. The van der Waals surface area contributed by atoms with Crippen LogP contribution in [0.5, 0.6) is 0 Å². The molecule has 0 radical (unpaired) electrons. The average Bonchev–Trinajstić information content (AvgIpc) is 2.86. The third-order valence-electron chi connectivity index (χ3n) is 2.40. The molecule has 0 atom stereocenters. The van der Waals surface area contributed by atoms with E-state index in [9.17, 15) is 4.79 Å². The van der Waals surface area contributed by atoms with Crippen molar-refractivity contribution in [3.63, 3.8) is 0 Å². The number of amides is 1. The summed E-state index contributed by atoms with van der Waals surface area (Å²) in [6.45, 7) is 4.73. The molecule has 2 aromatic rings. The quantitative estimate of drug-likeness (QED) is 0.855. The number of nitrogens with zero attached hydrogens (tertiary/aromatic N) is 1. The van der Waals surface area contributed by atoms with Crippen LogP contribution in [0.15, 0.2) is 18.5 Å². The summed E-state index contributed by atoms with van der Waals surface area (Å²) >= 11 is 1.72. The van der Waals surface area contributed by atoms with Gasteiger partial charge in [-0.3, -0.25) is 9.89 Å². The molecule has 0 saturated carbocycles. The highest BCUT2D eigenvalue weighted by Gasteiger charge is 2.07. The molecule has 2 heterocycles. The fourth-order valence-electron chi connectivity index (χ4n) is 1.38. The number of hydrogen-bond donors (Lipinski definition) is 2. The van der Waals surface area contributed by atoms with Crippen molar-refractivity contribution >= 4 is 17.2 Å². The second-order valence-electron chi connectivity index (χ2n) is 3.62. The fourth-order valence-corrected chi connectivity index (χ4v) is 2.37. The van der Waals surface area contributed by atoms with E-state index in [2.05, 4.69) is 35.4 Å². The van der Waals surface area contributed by atoms with E-state index in [1.807, 2.05) is 0 Å². The number of hydrogen-bond acceptors (Lipinski definition) is 3. The highest BCUT2D eigenvalue weighted by molar-refractivity contribution is 7.12. The van der Waals surface area contributed by atoms with Crippen molar-refractivity contribution < 1.29 is 4.79 Å². The van der Waals surface area contributed by atoms with Crippen LogP contribution < -0.4 is 5.32 Å². The molecular weight excluding hydrogens is 222 g/mol. The van der Waals surface area contributed by atoms with Crippen molar-refractivity contribution in [3.05, 3.63) is 39.3 Å². The third-order valence-corrected chi connectivity index (χ3v) is 3.55. The highest BCUT2D eigenvalue weighted by atomic mass is 32.1. The van der Waals surface area contributed by atoms with E-state index in [0.717, 1.165) is 0 Å². The smallest absolute Gasteiger partial charge is 0.254 e. The molecule has 2 rings (SSSR count). The predicted octanol–water partition coefficient (Wildman–Crippen LogP) is 2.02. The topological polar surface area (TPSA) is 57.8 Å². The third kappa shape index (κ3) is 2.30. The molecule has 1 amide bonds. The Morgan fingerprint density at radius 1 is 1.56 bits per heavy atom. The number of nitrogens with one attached hydrogen (secondary N) is 2. The van der Waals surface area contributed by atoms with Gasteiger partial charge in [0.05, 0.1) is 18.3 Å². The van der Waals surface area contributed by atoms with E-state index in [1.54, 1.807) is 17.5 Å². The van der Waals surface area contributed by atoms with E-state index < -0.39 is 0 Å². The van der Waals surface area contributed by atoms with Gasteiger partial charge in [-0.05, 0) is 25.5 Å². The first-order valence-corrected chi connectivity index (χ1v) is 5.81. The molecule has 0 aromatic carbocycles. The summed E-state index contributed by atoms with van der Waals surface area (Å²) in [4.78, 5) is 14.1. The van der Waals surface area contributed by atoms with Gasteiger partial charge in [-0.15, -0.1) is 11.3 Å². The van der Waals surface area contributed by atoms with Crippen molar-refractivity contribution in [3.8, 4) is 0 Å². The number of carbonyl (C=O) groups excluding carboxylic acids is 1. The lowest BCUT2D eigenvalue weighted by molar-refractivity contribution is 0.0951. The molecule has 0 bridgehead atoms. The maximum absolute atomic E-state index is 11.6. The number of carbonyl (C=O) groups is 1. The van der Waals surface area contributed by atoms with Crippen LogP contribution in [-0.2, 0) is 6.54 Å². The summed E-state index contributed by atoms with van der Waals surface area (Å²) in [6, 6.07) is 2.11. The number of aromatic amines is 1. The van der Waals surface area contributed by atoms with Gasteiger partial charge in [0.15, 0.2) is 0 Å². The van der Waals surface area contributed by atoms with Crippen LogP contribution in [0.4, 0.5) is 0 Å². The zero-order valence-corrected chi connectivity index (χ0v) is 10.0. The monoisotopic (exact) mass is 235 g/mol. The lowest BCUT2D eigenvalue weighted by atomic mass is 10.3. The molecular formula is C11H13N3OS. The van der Waals surface area contributed by atoms with Crippen LogP contribution in [0.25, 0.3) is 0 Å². The van der Waals surface area contributed by atoms with Crippen LogP contribution in [0.1, 0.15) is 25.7 Å². The summed E-state index contributed by atoms with van der Waals surface area (Å²) in [6.07, 6.45) is 3.10. The Hall–Kier alpha value is -1.62. The van der Waals surface area contributed by atoms with Crippen LogP contribution in [0.3, 0.4) is 0 Å². The molecule has 4 nitrogen and oxygen atoms in total. The molecule has 0 spiro atoms. The Bertz CT molecular complexity index is 468. The molecule has 0 aliphatic carbocycles. The molecule has 5 heteroatoms.